The second-order valence-electron chi connectivity index (χ2n) is 3.04. The summed E-state index contributed by atoms with van der Waals surface area (Å²) in [5, 5.41) is 11.3. The maximum Gasteiger partial charge on any atom is 0.265 e. The third kappa shape index (κ3) is 4.26. The standard InChI is InChI=1S/C9H11F3N2O/c10-7-1-6(2-13-4-7)3-14-5-8(15)9(11)12/h1-2,4,8-9,14-15H,3,5H2. The Morgan fingerprint density at radius 2 is 2.13 bits per heavy atom. The summed E-state index contributed by atoms with van der Waals surface area (Å²) in [6.07, 6.45) is -2.00. The van der Waals surface area contributed by atoms with Crippen molar-refractivity contribution in [2.24, 2.45) is 0 Å². The van der Waals surface area contributed by atoms with E-state index in [2.05, 4.69) is 10.3 Å². The molecule has 0 fully saturated rings. The molecule has 0 aliphatic rings. The van der Waals surface area contributed by atoms with Crippen molar-refractivity contribution >= 4 is 0 Å². The smallest absolute Gasteiger partial charge is 0.265 e. The maximum absolute atomic E-state index is 12.6. The van der Waals surface area contributed by atoms with E-state index in [9.17, 15) is 13.2 Å². The summed E-state index contributed by atoms with van der Waals surface area (Å²) in [5.41, 5.74) is 0.538. The number of hydrogen-bond donors (Lipinski definition) is 2. The SMILES string of the molecule is OC(CNCc1cncc(F)c1)C(F)F. The van der Waals surface area contributed by atoms with Crippen molar-refractivity contribution in [1.82, 2.24) is 10.3 Å². The van der Waals surface area contributed by atoms with Crippen LogP contribution < -0.4 is 5.32 Å². The minimum absolute atomic E-state index is 0.189. The molecular weight excluding hydrogens is 209 g/mol. The van der Waals surface area contributed by atoms with E-state index < -0.39 is 18.3 Å². The number of halogens is 3. The Morgan fingerprint density at radius 1 is 1.40 bits per heavy atom. The van der Waals surface area contributed by atoms with Crippen molar-refractivity contribution in [3.05, 3.63) is 29.8 Å². The first-order valence-electron chi connectivity index (χ1n) is 4.36. The van der Waals surface area contributed by atoms with Crippen LogP contribution in [0, 0.1) is 5.82 Å². The van der Waals surface area contributed by atoms with Gasteiger partial charge in [0.1, 0.15) is 11.9 Å². The van der Waals surface area contributed by atoms with Crippen molar-refractivity contribution in [1.29, 1.82) is 0 Å². The van der Waals surface area contributed by atoms with E-state index in [-0.39, 0.29) is 13.1 Å². The Bertz CT molecular complexity index is 309. The molecule has 1 rings (SSSR count). The summed E-state index contributed by atoms with van der Waals surface area (Å²) in [6.45, 7) is -0.0529. The molecule has 1 atom stereocenters. The largest absolute Gasteiger partial charge is 0.386 e. The molecule has 1 unspecified atom stereocenters. The first-order valence-corrected chi connectivity index (χ1v) is 4.36. The molecule has 0 saturated heterocycles. The number of pyridine rings is 1. The fraction of sp³-hybridized carbons (Fsp3) is 0.444. The van der Waals surface area contributed by atoms with Crippen molar-refractivity contribution in [2.75, 3.05) is 6.54 Å². The van der Waals surface area contributed by atoms with Crippen LogP contribution in [0.25, 0.3) is 0 Å². The lowest BCUT2D eigenvalue weighted by Gasteiger charge is -2.10. The topological polar surface area (TPSA) is 45.1 Å². The highest BCUT2D eigenvalue weighted by atomic mass is 19.3. The molecule has 0 amide bonds. The summed E-state index contributed by atoms with van der Waals surface area (Å²) in [6, 6.07) is 1.24. The molecule has 3 nitrogen and oxygen atoms in total. The first kappa shape index (κ1) is 11.9. The predicted octanol–water partition coefficient (Wildman–Crippen LogP) is 0.936. The Morgan fingerprint density at radius 3 is 2.73 bits per heavy atom. The highest BCUT2D eigenvalue weighted by Crippen LogP contribution is 2.02. The lowest BCUT2D eigenvalue weighted by atomic mass is 10.2. The van der Waals surface area contributed by atoms with Gasteiger partial charge in [-0.05, 0) is 11.6 Å². The number of alkyl halides is 2. The number of aliphatic hydroxyl groups excluding tert-OH is 1. The van der Waals surface area contributed by atoms with E-state index in [4.69, 9.17) is 5.11 Å². The van der Waals surface area contributed by atoms with Gasteiger partial charge in [0.2, 0.25) is 0 Å². The Hall–Kier alpha value is -1.14. The average molecular weight is 220 g/mol. The zero-order valence-electron chi connectivity index (χ0n) is 7.83. The molecule has 0 aliphatic heterocycles. The second-order valence-corrected chi connectivity index (χ2v) is 3.04. The van der Waals surface area contributed by atoms with Gasteiger partial charge in [-0.1, -0.05) is 0 Å². The van der Waals surface area contributed by atoms with Crippen LogP contribution in [0.15, 0.2) is 18.5 Å². The molecule has 6 heteroatoms. The van der Waals surface area contributed by atoms with E-state index in [1.54, 1.807) is 0 Å². The highest BCUT2D eigenvalue weighted by molar-refractivity contribution is 5.09. The zero-order chi connectivity index (χ0) is 11.3. The first-order chi connectivity index (χ1) is 7.09. The van der Waals surface area contributed by atoms with Gasteiger partial charge < -0.3 is 10.4 Å². The van der Waals surface area contributed by atoms with E-state index in [0.29, 0.717) is 5.56 Å². The van der Waals surface area contributed by atoms with Crippen molar-refractivity contribution < 1.29 is 18.3 Å². The molecule has 0 radical (unpaired) electrons. The van der Waals surface area contributed by atoms with E-state index in [1.807, 2.05) is 0 Å². The fourth-order valence-corrected chi connectivity index (χ4v) is 1.01. The third-order valence-electron chi connectivity index (χ3n) is 1.73. The van der Waals surface area contributed by atoms with E-state index in [1.165, 1.54) is 12.3 Å². The Balaban J connectivity index is 2.32. The second kappa shape index (κ2) is 5.67. The van der Waals surface area contributed by atoms with Crippen molar-refractivity contribution in [2.45, 2.75) is 19.1 Å². The molecule has 15 heavy (non-hydrogen) atoms. The Labute approximate surface area is 85.0 Å². The molecular formula is C9H11F3N2O. The monoisotopic (exact) mass is 220 g/mol. The zero-order valence-corrected chi connectivity index (χ0v) is 7.83. The van der Waals surface area contributed by atoms with Crippen molar-refractivity contribution in [3.63, 3.8) is 0 Å². The van der Waals surface area contributed by atoms with Gasteiger partial charge in [-0.2, -0.15) is 0 Å². The minimum Gasteiger partial charge on any atom is -0.386 e. The van der Waals surface area contributed by atoms with Crippen LogP contribution in [0.4, 0.5) is 13.2 Å². The van der Waals surface area contributed by atoms with Crippen LogP contribution in [0.5, 0.6) is 0 Å². The van der Waals surface area contributed by atoms with Gasteiger partial charge in [0, 0.05) is 19.3 Å². The predicted molar refractivity (Wildman–Crippen MR) is 47.9 cm³/mol. The highest BCUT2D eigenvalue weighted by Gasteiger charge is 2.15. The molecule has 0 bridgehead atoms. The Kier molecular flexibility index (Phi) is 4.51. The molecule has 0 aromatic carbocycles. The lowest BCUT2D eigenvalue weighted by molar-refractivity contribution is -0.00341. The number of aromatic nitrogens is 1. The summed E-state index contributed by atoms with van der Waals surface area (Å²) < 4.78 is 36.3. The van der Waals surface area contributed by atoms with Gasteiger partial charge >= 0.3 is 0 Å². The normalized spacial score (nSPS) is 13.1. The van der Waals surface area contributed by atoms with Gasteiger partial charge in [0.25, 0.3) is 6.43 Å². The molecule has 0 saturated carbocycles. The van der Waals surface area contributed by atoms with E-state index >= 15 is 0 Å². The maximum atomic E-state index is 12.6. The van der Waals surface area contributed by atoms with Crippen LogP contribution >= 0.6 is 0 Å². The molecule has 1 aromatic heterocycles. The van der Waals surface area contributed by atoms with Gasteiger partial charge in [-0.15, -0.1) is 0 Å². The van der Waals surface area contributed by atoms with Gasteiger partial charge in [0.15, 0.2) is 0 Å². The molecule has 2 N–H and O–H groups in total. The van der Waals surface area contributed by atoms with Crippen molar-refractivity contribution in [3.8, 4) is 0 Å². The van der Waals surface area contributed by atoms with E-state index in [0.717, 1.165) is 6.20 Å². The molecule has 0 aliphatic carbocycles. The lowest BCUT2D eigenvalue weighted by Crippen LogP contribution is -2.31. The quantitative estimate of drug-likeness (QED) is 0.776. The molecule has 1 aromatic rings. The summed E-state index contributed by atoms with van der Waals surface area (Å²) in [7, 11) is 0. The molecule has 84 valence electrons. The van der Waals surface area contributed by atoms with Crippen LogP contribution in [0.1, 0.15) is 5.56 Å². The number of aliphatic hydroxyl groups is 1. The number of nitrogens with zero attached hydrogens (tertiary/aromatic N) is 1. The van der Waals surface area contributed by atoms with Gasteiger partial charge in [-0.3, -0.25) is 4.98 Å². The van der Waals surface area contributed by atoms with Gasteiger partial charge in [0.05, 0.1) is 6.20 Å². The summed E-state index contributed by atoms with van der Waals surface area (Å²) in [5.74, 6) is -0.483. The number of nitrogens with one attached hydrogen (secondary N) is 1. The number of rotatable bonds is 5. The third-order valence-corrected chi connectivity index (χ3v) is 1.73. The van der Waals surface area contributed by atoms with Crippen LogP contribution in [-0.2, 0) is 6.54 Å². The van der Waals surface area contributed by atoms with Crippen LogP contribution in [-0.4, -0.2) is 29.2 Å². The van der Waals surface area contributed by atoms with Crippen LogP contribution in [0.3, 0.4) is 0 Å². The fourth-order valence-electron chi connectivity index (χ4n) is 1.01. The molecule has 1 heterocycles. The summed E-state index contributed by atoms with van der Waals surface area (Å²) >= 11 is 0. The minimum atomic E-state index is -2.77. The van der Waals surface area contributed by atoms with Crippen LogP contribution in [0.2, 0.25) is 0 Å². The molecule has 0 spiro atoms. The number of hydrogen-bond acceptors (Lipinski definition) is 3. The average Bonchev–Trinajstić information content (AvgIpc) is 2.17. The van der Waals surface area contributed by atoms with Gasteiger partial charge in [-0.25, -0.2) is 13.2 Å². The summed E-state index contributed by atoms with van der Waals surface area (Å²) in [4.78, 5) is 3.59.